The lowest BCUT2D eigenvalue weighted by molar-refractivity contribution is 0.0686. The molecule has 0 radical (unpaired) electrons. The first-order chi connectivity index (χ1) is 8.58. The average Bonchev–Trinajstić information content (AvgIpc) is 2.28. The molecule has 0 aliphatic heterocycles. The highest BCUT2D eigenvalue weighted by Gasteiger charge is 2.17. The van der Waals surface area contributed by atoms with Crippen molar-refractivity contribution in [1.29, 1.82) is 0 Å². The first kappa shape index (κ1) is 12.0. The zero-order valence-corrected chi connectivity index (χ0v) is 9.02. The monoisotopic (exact) mass is 250 g/mol. The lowest BCUT2D eigenvalue weighted by Crippen LogP contribution is -2.05. The van der Waals surface area contributed by atoms with Gasteiger partial charge in [0.25, 0.3) is 0 Å². The fourth-order valence-corrected chi connectivity index (χ4v) is 1.45. The molecule has 2 N–H and O–H groups in total. The summed E-state index contributed by atoms with van der Waals surface area (Å²) < 4.78 is 26.8. The van der Waals surface area contributed by atoms with E-state index in [0.717, 1.165) is 12.1 Å². The Kier molecular flexibility index (Phi) is 3.18. The van der Waals surface area contributed by atoms with E-state index in [-0.39, 0.29) is 5.69 Å². The van der Waals surface area contributed by atoms with Gasteiger partial charge >= 0.3 is 5.97 Å². The molecule has 0 fully saturated rings. The van der Waals surface area contributed by atoms with Gasteiger partial charge in [0.1, 0.15) is 17.2 Å². The minimum absolute atomic E-state index is 0.126. The van der Waals surface area contributed by atoms with Crippen LogP contribution in [0.2, 0.25) is 0 Å². The number of carboxylic acids is 1. The van der Waals surface area contributed by atoms with E-state index in [2.05, 4.69) is 10.3 Å². The molecule has 1 aromatic heterocycles. The first-order valence-corrected chi connectivity index (χ1v) is 4.97. The van der Waals surface area contributed by atoms with Crippen molar-refractivity contribution in [3.05, 3.63) is 53.9 Å². The number of carboxylic acid groups (broad SMARTS) is 1. The smallest absolute Gasteiger partial charge is 0.341 e. The third-order valence-electron chi connectivity index (χ3n) is 2.22. The fraction of sp³-hybridized carbons (Fsp3) is 0. The highest BCUT2D eigenvalue weighted by molar-refractivity contribution is 5.89. The molecule has 0 atom stereocenters. The number of carbonyl (C=O) groups is 1. The number of pyridine rings is 1. The zero-order chi connectivity index (χ0) is 13.1. The molecule has 4 nitrogen and oxygen atoms in total. The molecule has 1 aromatic carbocycles. The maximum Gasteiger partial charge on any atom is 0.341 e. The molecule has 92 valence electrons. The van der Waals surface area contributed by atoms with E-state index < -0.39 is 23.2 Å². The molecule has 2 aromatic rings. The molecule has 0 spiro atoms. The normalized spacial score (nSPS) is 10.1. The molecular weight excluding hydrogens is 242 g/mol. The quantitative estimate of drug-likeness (QED) is 0.879. The van der Waals surface area contributed by atoms with E-state index in [9.17, 15) is 13.6 Å². The molecule has 0 saturated heterocycles. The minimum atomic E-state index is -1.64. The van der Waals surface area contributed by atoms with Crippen molar-refractivity contribution in [3.8, 4) is 0 Å². The van der Waals surface area contributed by atoms with Crippen LogP contribution in [-0.2, 0) is 0 Å². The highest BCUT2D eigenvalue weighted by Crippen LogP contribution is 2.22. The Labute approximate surface area is 101 Å². The summed E-state index contributed by atoms with van der Waals surface area (Å²) in [4.78, 5) is 14.4. The van der Waals surface area contributed by atoms with Gasteiger partial charge in [-0.05, 0) is 24.3 Å². The Morgan fingerprint density at radius 2 is 1.67 bits per heavy atom. The maximum absolute atomic E-state index is 13.4. The van der Waals surface area contributed by atoms with Crippen molar-refractivity contribution in [2.45, 2.75) is 0 Å². The van der Waals surface area contributed by atoms with Gasteiger partial charge < -0.3 is 10.4 Å². The summed E-state index contributed by atoms with van der Waals surface area (Å²) in [6.45, 7) is 0. The summed E-state index contributed by atoms with van der Waals surface area (Å²) in [5.74, 6) is -3.89. The topological polar surface area (TPSA) is 62.2 Å². The lowest BCUT2D eigenvalue weighted by atomic mass is 10.1. The number of nitrogens with zero attached hydrogens (tertiary/aromatic N) is 1. The second-order valence-electron chi connectivity index (χ2n) is 3.48. The average molecular weight is 250 g/mol. The number of hydrogen-bond acceptors (Lipinski definition) is 3. The first-order valence-electron chi connectivity index (χ1n) is 4.97. The lowest BCUT2D eigenvalue weighted by Gasteiger charge is -2.08. The Hall–Kier alpha value is -2.50. The largest absolute Gasteiger partial charge is 0.477 e. The molecule has 1 heterocycles. The summed E-state index contributed by atoms with van der Waals surface area (Å²) in [7, 11) is 0. The Morgan fingerprint density at radius 3 is 2.17 bits per heavy atom. The van der Waals surface area contributed by atoms with Crippen molar-refractivity contribution < 1.29 is 18.7 Å². The van der Waals surface area contributed by atoms with Crippen molar-refractivity contribution in [2.75, 3.05) is 5.32 Å². The molecule has 0 amide bonds. The highest BCUT2D eigenvalue weighted by atomic mass is 19.1. The van der Waals surface area contributed by atoms with Gasteiger partial charge in [-0.15, -0.1) is 0 Å². The number of halogens is 2. The standard InChI is InChI=1S/C12H8F2N2O2/c13-9-5-8(6-10(14)11(9)12(17)18)16-7-1-3-15-4-2-7/h1-6H,(H,15,16)(H,17,18). The van der Waals surface area contributed by atoms with Crippen LogP contribution in [0.25, 0.3) is 0 Å². The fourth-order valence-electron chi connectivity index (χ4n) is 1.45. The van der Waals surface area contributed by atoms with Crippen molar-refractivity contribution in [1.82, 2.24) is 4.98 Å². The maximum atomic E-state index is 13.4. The Bertz CT molecular complexity index is 565. The predicted molar refractivity (Wildman–Crippen MR) is 60.8 cm³/mol. The van der Waals surface area contributed by atoms with Crippen LogP contribution in [0.3, 0.4) is 0 Å². The van der Waals surface area contributed by atoms with Crippen LogP contribution < -0.4 is 5.32 Å². The number of hydrogen-bond donors (Lipinski definition) is 2. The van der Waals surface area contributed by atoms with E-state index in [1.807, 2.05) is 0 Å². The van der Waals surface area contributed by atoms with Crippen LogP contribution in [0.1, 0.15) is 10.4 Å². The van der Waals surface area contributed by atoms with Crippen LogP contribution in [-0.4, -0.2) is 16.1 Å². The van der Waals surface area contributed by atoms with Gasteiger partial charge in [-0.25, -0.2) is 13.6 Å². The molecule has 6 heteroatoms. The van der Waals surface area contributed by atoms with Gasteiger partial charge in [0.05, 0.1) is 0 Å². The van der Waals surface area contributed by atoms with E-state index in [1.54, 1.807) is 12.1 Å². The Morgan fingerprint density at radius 1 is 1.11 bits per heavy atom. The number of nitrogens with one attached hydrogen (secondary N) is 1. The summed E-state index contributed by atoms with van der Waals surface area (Å²) >= 11 is 0. The van der Waals surface area contributed by atoms with Crippen LogP contribution in [0.4, 0.5) is 20.2 Å². The van der Waals surface area contributed by atoms with E-state index in [1.165, 1.54) is 12.4 Å². The third-order valence-corrected chi connectivity index (χ3v) is 2.22. The van der Waals surface area contributed by atoms with E-state index in [4.69, 9.17) is 5.11 Å². The van der Waals surface area contributed by atoms with Gasteiger partial charge in [-0.1, -0.05) is 0 Å². The predicted octanol–water partition coefficient (Wildman–Crippen LogP) is 2.80. The van der Waals surface area contributed by atoms with Gasteiger partial charge in [-0.2, -0.15) is 0 Å². The van der Waals surface area contributed by atoms with Crippen molar-refractivity contribution in [3.63, 3.8) is 0 Å². The zero-order valence-electron chi connectivity index (χ0n) is 9.02. The molecule has 0 unspecified atom stereocenters. The molecule has 0 aliphatic carbocycles. The minimum Gasteiger partial charge on any atom is -0.477 e. The van der Waals surface area contributed by atoms with Crippen LogP contribution in [0.5, 0.6) is 0 Å². The number of benzene rings is 1. The molecule has 18 heavy (non-hydrogen) atoms. The number of aromatic carboxylic acids is 1. The molecule has 0 saturated carbocycles. The van der Waals surface area contributed by atoms with Crippen LogP contribution >= 0.6 is 0 Å². The third kappa shape index (κ3) is 2.42. The van der Waals surface area contributed by atoms with Gasteiger partial charge in [0.2, 0.25) is 0 Å². The van der Waals surface area contributed by atoms with Crippen LogP contribution in [0, 0.1) is 11.6 Å². The van der Waals surface area contributed by atoms with Gasteiger partial charge in [0.15, 0.2) is 0 Å². The van der Waals surface area contributed by atoms with Crippen molar-refractivity contribution in [2.24, 2.45) is 0 Å². The number of rotatable bonds is 3. The molecular formula is C12H8F2N2O2. The Balaban J connectivity index is 2.34. The molecule has 0 aliphatic rings. The summed E-state index contributed by atoms with van der Waals surface area (Å²) in [5.41, 5.74) is -0.247. The molecule has 2 rings (SSSR count). The van der Waals surface area contributed by atoms with E-state index in [0.29, 0.717) is 5.69 Å². The van der Waals surface area contributed by atoms with E-state index >= 15 is 0 Å². The second kappa shape index (κ2) is 4.79. The second-order valence-corrected chi connectivity index (χ2v) is 3.48. The SMILES string of the molecule is O=C(O)c1c(F)cc(Nc2ccncc2)cc1F. The summed E-state index contributed by atoms with van der Waals surface area (Å²) in [6.07, 6.45) is 3.03. The summed E-state index contributed by atoms with van der Waals surface area (Å²) in [5, 5.41) is 11.4. The molecule has 0 bridgehead atoms. The summed E-state index contributed by atoms with van der Waals surface area (Å²) in [6, 6.07) is 5.07. The van der Waals surface area contributed by atoms with Gasteiger partial charge in [-0.3, -0.25) is 4.98 Å². The van der Waals surface area contributed by atoms with Crippen LogP contribution in [0.15, 0.2) is 36.7 Å². The number of anilines is 2. The number of aromatic nitrogens is 1. The van der Waals surface area contributed by atoms with Gasteiger partial charge in [0, 0.05) is 23.8 Å². The van der Waals surface area contributed by atoms with Crippen molar-refractivity contribution >= 4 is 17.3 Å².